The van der Waals surface area contributed by atoms with E-state index in [2.05, 4.69) is 41.7 Å². The summed E-state index contributed by atoms with van der Waals surface area (Å²) in [5.74, 6) is 0.899. The van der Waals surface area contributed by atoms with E-state index >= 15 is 0 Å². The van der Waals surface area contributed by atoms with Crippen molar-refractivity contribution in [1.82, 2.24) is 5.43 Å². The lowest BCUT2D eigenvalue weighted by Gasteiger charge is -2.07. The molecule has 148 valence electrons. The van der Waals surface area contributed by atoms with E-state index < -0.39 is 0 Å². The summed E-state index contributed by atoms with van der Waals surface area (Å²) >= 11 is 7.27. The minimum atomic E-state index is -0.167. The van der Waals surface area contributed by atoms with Crippen molar-refractivity contribution in [2.75, 3.05) is 5.75 Å². The topological polar surface area (TPSA) is 50.7 Å². The van der Waals surface area contributed by atoms with E-state index in [9.17, 15) is 4.79 Å². The standard InChI is InChI=1S/C23H21ClN2O2S/c1-17-2-4-19(5-3-17)15-28-21-10-6-18(7-11-21)14-25-26-23(27)16-29-22-12-8-20(24)9-13-22/h2-14H,15-16H2,1H3,(H,26,27)/b25-14+. The van der Waals surface area contributed by atoms with Crippen LogP contribution in [0.1, 0.15) is 16.7 Å². The van der Waals surface area contributed by atoms with Gasteiger partial charge in [0.25, 0.3) is 0 Å². The molecule has 1 amide bonds. The normalized spacial score (nSPS) is 10.8. The van der Waals surface area contributed by atoms with Crippen LogP contribution in [0.5, 0.6) is 5.75 Å². The molecule has 3 aromatic rings. The number of carbonyl (C=O) groups is 1. The van der Waals surface area contributed by atoms with Gasteiger partial charge in [-0.3, -0.25) is 4.79 Å². The van der Waals surface area contributed by atoms with Gasteiger partial charge >= 0.3 is 0 Å². The Morgan fingerprint density at radius 1 is 1.03 bits per heavy atom. The molecule has 4 nitrogen and oxygen atoms in total. The summed E-state index contributed by atoms with van der Waals surface area (Å²) in [5, 5.41) is 4.68. The predicted molar refractivity (Wildman–Crippen MR) is 120 cm³/mol. The maximum atomic E-state index is 11.9. The number of hydrogen-bond acceptors (Lipinski definition) is 4. The maximum Gasteiger partial charge on any atom is 0.250 e. The van der Waals surface area contributed by atoms with Gasteiger partial charge < -0.3 is 4.74 Å². The van der Waals surface area contributed by atoms with Crippen LogP contribution in [-0.2, 0) is 11.4 Å². The minimum Gasteiger partial charge on any atom is -0.489 e. The SMILES string of the molecule is Cc1ccc(COc2ccc(/C=N/NC(=O)CSc3ccc(Cl)cc3)cc2)cc1. The van der Waals surface area contributed by atoms with Crippen molar-refractivity contribution in [1.29, 1.82) is 0 Å². The quantitative estimate of drug-likeness (QED) is 0.296. The molecule has 6 heteroatoms. The van der Waals surface area contributed by atoms with E-state index in [4.69, 9.17) is 16.3 Å². The van der Waals surface area contributed by atoms with Gasteiger partial charge in [-0.1, -0.05) is 41.4 Å². The Kier molecular flexibility index (Phi) is 7.73. The molecule has 0 saturated carbocycles. The highest BCUT2D eigenvalue weighted by Crippen LogP contribution is 2.20. The highest BCUT2D eigenvalue weighted by molar-refractivity contribution is 8.00. The molecule has 3 aromatic carbocycles. The van der Waals surface area contributed by atoms with E-state index in [1.807, 2.05) is 36.4 Å². The second kappa shape index (κ2) is 10.7. The minimum absolute atomic E-state index is 0.167. The number of hydrazone groups is 1. The first-order valence-electron chi connectivity index (χ1n) is 9.07. The van der Waals surface area contributed by atoms with Crippen molar-refractivity contribution in [3.05, 3.63) is 94.5 Å². The summed E-state index contributed by atoms with van der Waals surface area (Å²) in [6, 6.07) is 23.2. The largest absolute Gasteiger partial charge is 0.489 e. The van der Waals surface area contributed by atoms with Crippen LogP contribution in [0.3, 0.4) is 0 Å². The number of hydrogen-bond donors (Lipinski definition) is 1. The van der Waals surface area contributed by atoms with Crippen molar-refractivity contribution >= 4 is 35.5 Å². The van der Waals surface area contributed by atoms with Crippen LogP contribution < -0.4 is 10.2 Å². The second-order valence-corrected chi connectivity index (χ2v) is 7.86. The van der Waals surface area contributed by atoms with Crippen molar-refractivity contribution in [3.63, 3.8) is 0 Å². The number of aryl methyl sites for hydroxylation is 1. The molecular weight excluding hydrogens is 404 g/mol. The molecule has 0 aliphatic heterocycles. The lowest BCUT2D eigenvalue weighted by atomic mass is 10.2. The third-order valence-electron chi connectivity index (χ3n) is 3.99. The number of amides is 1. The summed E-state index contributed by atoms with van der Waals surface area (Å²) in [4.78, 5) is 12.9. The molecule has 0 aliphatic rings. The predicted octanol–water partition coefficient (Wildman–Crippen LogP) is 5.47. The van der Waals surface area contributed by atoms with E-state index in [1.54, 1.807) is 18.3 Å². The molecule has 0 radical (unpaired) electrons. The fourth-order valence-corrected chi connectivity index (χ4v) is 3.21. The smallest absolute Gasteiger partial charge is 0.250 e. The molecule has 0 aromatic heterocycles. The summed E-state index contributed by atoms with van der Waals surface area (Å²) < 4.78 is 5.79. The monoisotopic (exact) mass is 424 g/mol. The summed E-state index contributed by atoms with van der Waals surface area (Å²) in [6.07, 6.45) is 1.61. The molecule has 0 bridgehead atoms. The number of halogens is 1. The average Bonchev–Trinajstić information content (AvgIpc) is 2.74. The average molecular weight is 425 g/mol. The molecule has 0 fully saturated rings. The summed E-state index contributed by atoms with van der Waals surface area (Å²) in [6.45, 7) is 2.58. The van der Waals surface area contributed by atoms with Crippen LogP contribution in [0.15, 0.2) is 82.8 Å². The first kappa shape index (κ1) is 21.0. The Balaban J connectivity index is 1.41. The van der Waals surface area contributed by atoms with Crippen molar-refractivity contribution in [2.24, 2.45) is 5.10 Å². The first-order chi connectivity index (χ1) is 14.1. The van der Waals surface area contributed by atoms with Gasteiger partial charge in [-0.25, -0.2) is 5.43 Å². The zero-order chi connectivity index (χ0) is 20.5. The van der Waals surface area contributed by atoms with E-state index in [0.29, 0.717) is 11.6 Å². The van der Waals surface area contributed by atoms with Gasteiger partial charge in [0.1, 0.15) is 12.4 Å². The zero-order valence-corrected chi connectivity index (χ0v) is 17.5. The van der Waals surface area contributed by atoms with Crippen molar-refractivity contribution in [3.8, 4) is 5.75 Å². The highest BCUT2D eigenvalue weighted by atomic mass is 35.5. The third kappa shape index (κ3) is 7.29. The van der Waals surface area contributed by atoms with Gasteiger partial charge in [0.05, 0.1) is 12.0 Å². The summed E-state index contributed by atoms with van der Waals surface area (Å²) in [5.41, 5.74) is 5.76. The van der Waals surface area contributed by atoms with Gasteiger partial charge in [0, 0.05) is 9.92 Å². The Labute approximate surface area is 179 Å². The number of thioether (sulfide) groups is 1. The van der Waals surface area contributed by atoms with Crippen LogP contribution in [-0.4, -0.2) is 17.9 Å². The molecule has 0 saturated heterocycles. The Hall–Kier alpha value is -2.76. The van der Waals surface area contributed by atoms with E-state index in [0.717, 1.165) is 21.8 Å². The van der Waals surface area contributed by atoms with E-state index in [-0.39, 0.29) is 11.7 Å². The van der Waals surface area contributed by atoms with Gasteiger partial charge in [0.15, 0.2) is 0 Å². The molecule has 1 N–H and O–H groups in total. The lowest BCUT2D eigenvalue weighted by Crippen LogP contribution is -2.19. The van der Waals surface area contributed by atoms with Gasteiger partial charge in [-0.2, -0.15) is 5.10 Å². The van der Waals surface area contributed by atoms with Crippen LogP contribution in [0.25, 0.3) is 0 Å². The third-order valence-corrected chi connectivity index (χ3v) is 5.26. The first-order valence-corrected chi connectivity index (χ1v) is 10.4. The van der Waals surface area contributed by atoms with Crippen LogP contribution in [0.4, 0.5) is 0 Å². The number of ether oxygens (including phenoxy) is 1. The highest BCUT2D eigenvalue weighted by Gasteiger charge is 2.02. The molecule has 0 spiro atoms. The molecule has 29 heavy (non-hydrogen) atoms. The fraction of sp³-hybridized carbons (Fsp3) is 0.130. The Morgan fingerprint density at radius 3 is 2.41 bits per heavy atom. The number of nitrogens with zero attached hydrogens (tertiary/aromatic N) is 1. The zero-order valence-electron chi connectivity index (χ0n) is 16.0. The molecular formula is C23H21ClN2O2S. The molecule has 3 rings (SSSR count). The number of rotatable bonds is 8. The van der Waals surface area contributed by atoms with Gasteiger partial charge in [-0.15, -0.1) is 11.8 Å². The van der Waals surface area contributed by atoms with Crippen molar-refractivity contribution in [2.45, 2.75) is 18.4 Å². The van der Waals surface area contributed by atoms with E-state index in [1.165, 1.54) is 17.3 Å². The molecule has 0 heterocycles. The van der Waals surface area contributed by atoms with Gasteiger partial charge in [-0.05, 0) is 66.6 Å². The maximum absolute atomic E-state index is 11.9. The van der Waals surface area contributed by atoms with Crippen LogP contribution in [0, 0.1) is 6.92 Å². The van der Waals surface area contributed by atoms with Crippen LogP contribution in [0.2, 0.25) is 5.02 Å². The fourth-order valence-electron chi connectivity index (χ4n) is 2.39. The second-order valence-electron chi connectivity index (χ2n) is 6.38. The number of benzene rings is 3. The van der Waals surface area contributed by atoms with Gasteiger partial charge in [0.2, 0.25) is 5.91 Å². The lowest BCUT2D eigenvalue weighted by molar-refractivity contribution is -0.118. The molecule has 0 unspecified atom stereocenters. The Morgan fingerprint density at radius 2 is 1.72 bits per heavy atom. The molecule has 0 atom stereocenters. The number of nitrogens with one attached hydrogen (secondary N) is 1. The summed E-state index contributed by atoms with van der Waals surface area (Å²) in [7, 11) is 0. The van der Waals surface area contributed by atoms with Crippen LogP contribution >= 0.6 is 23.4 Å². The molecule has 0 aliphatic carbocycles. The number of carbonyl (C=O) groups excluding carboxylic acids is 1. The van der Waals surface area contributed by atoms with Crippen molar-refractivity contribution < 1.29 is 9.53 Å². The Bertz CT molecular complexity index is 956.